The molecular weight excluding hydrogens is 154 g/mol. The quantitative estimate of drug-likeness (QED) is 0.394. The average Bonchev–Trinajstić information content (AvgIpc) is 1.64. The van der Waals surface area contributed by atoms with E-state index >= 15 is 0 Å². The van der Waals surface area contributed by atoms with Crippen molar-refractivity contribution >= 4 is 0 Å². The third kappa shape index (κ3) is 6.29. The summed E-state index contributed by atoms with van der Waals surface area (Å²) in [7, 11) is 0. The molecule has 0 unspecified atom stereocenters. The SMILES string of the molecule is CCC[N+](O)(O)CCC.[Cl-]. The van der Waals surface area contributed by atoms with Crippen LogP contribution in [0.2, 0.25) is 0 Å². The van der Waals surface area contributed by atoms with Crippen LogP contribution in [-0.2, 0) is 0 Å². The van der Waals surface area contributed by atoms with Gasteiger partial charge in [-0.15, -0.1) is 0 Å². The van der Waals surface area contributed by atoms with Crippen LogP contribution in [0.3, 0.4) is 0 Å². The van der Waals surface area contributed by atoms with Crippen LogP contribution < -0.4 is 12.4 Å². The summed E-state index contributed by atoms with van der Waals surface area (Å²) in [6.45, 7) is 4.70. The van der Waals surface area contributed by atoms with Crippen molar-refractivity contribution in [3.05, 3.63) is 0 Å². The molecule has 4 heteroatoms. The lowest BCUT2D eigenvalue weighted by Crippen LogP contribution is -3.00. The fourth-order valence-electron chi connectivity index (χ4n) is 0.828. The second kappa shape index (κ2) is 5.92. The second-order valence-electron chi connectivity index (χ2n) is 2.33. The first-order valence-corrected chi connectivity index (χ1v) is 3.45. The molecule has 0 aromatic heterocycles. The molecule has 0 saturated heterocycles. The average molecular weight is 170 g/mol. The molecule has 0 heterocycles. The van der Waals surface area contributed by atoms with Crippen LogP contribution in [0.5, 0.6) is 0 Å². The van der Waals surface area contributed by atoms with Crippen LogP contribution in [0, 0.1) is 0 Å². The van der Waals surface area contributed by atoms with E-state index in [1.807, 2.05) is 13.8 Å². The van der Waals surface area contributed by atoms with Crippen molar-refractivity contribution in [2.75, 3.05) is 13.1 Å². The zero-order valence-electron chi connectivity index (χ0n) is 6.55. The number of hydrogen-bond donors (Lipinski definition) is 2. The highest BCUT2D eigenvalue weighted by molar-refractivity contribution is 4.23. The summed E-state index contributed by atoms with van der Waals surface area (Å²) in [5, 5.41) is 18.0. The van der Waals surface area contributed by atoms with Gasteiger partial charge in [0.15, 0.2) is 0 Å². The van der Waals surface area contributed by atoms with Gasteiger partial charge in [-0.2, -0.15) is 10.4 Å². The van der Waals surface area contributed by atoms with Crippen LogP contribution in [0.4, 0.5) is 0 Å². The fraction of sp³-hybridized carbons (Fsp3) is 1.00. The molecule has 0 atom stereocenters. The van der Waals surface area contributed by atoms with Gasteiger partial charge in [-0.1, -0.05) is 13.8 Å². The third-order valence-electron chi connectivity index (χ3n) is 1.16. The van der Waals surface area contributed by atoms with Crippen molar-refractivity contribution in [2.24, 2.45) is 0 Å². The predicted octanol–water partition coefficient (Wildman–Crippen LogP) is -1.59. The van der Waals surface area contributed by atoms with Gasteiger partial charge in [0.25, 0.3) is 0 Å². The second-order valence-corrected chi connectivity index (χ2v) is 2.33. The Morgan fingerprint density at radius 2 is 1.30 bits per heavy atom. The Kier molecular flexibility index (Phi) is 7.58. The molecule has 0 fully saturated rings. The third-order valence-corrected chi connectivity index (χ3v) is 1.16. The first-order valence-electron chi connectivity index (χ1n) is 3.45. The molecule has 0 saturated carbocycles. The zero-order chi connectivity index (χ0) is 7.33. The van der Waals surface area contributed by atoms with Crippen LogP contribution >= 0.6 is 0 Å². The maximum atomic E-state index is 9.01. The maximum Gasteiger partial charge on any atom is 0.142 e. The maximum absolute atomic E-state index is 9.01. The summed E-state index contributed by atoms with van der Waals surface area (Å²) in [6, 6.07) is 0. The van der Waals surface area contributed by atoms with E-state index in [1.165, 1.54) is 0 Å². The molecule has 0 aliphatic heterocycles. The van der Waals surface area contributed by atoms with E-state index in [0.29, 0.717) is 13.1 Å². The first kappa shape index (κ1) is 12.8. The highest BCUT2D eigenvalue weighted by Crippen LogP contribution is 1.98. The summed E-state index contributed by atoms with van der Waals surface area (Å²) < 4.78 is 0. The molecule has 3 nitrogen and oxygen atoms in total. The molecule has 0 spiro atoms. The van der Waals surface area contributed by atoms with Crippen LogP contribution in [0.15, 0.2) is 0 Å². The van der Waals surface area contributed by atoms with Crippen molar-refractivity contribution < 1.29 is 27.6 Å². The number of hydrogen-bond acceptors (Lipinski definition) is 2. The fourth-order valence-corrected chi connectivity index (χ4v) is 0.828. The van der Waals surface area contributed by atoms with Gasteiger partial charge in [0.2, 0.25) is 0 Å². The summed E-state index contributed by atoms with van der Waals surface area (Å²) in [6.07, 6.45) is 1.60. The molecule has 0 aliphatic rings. The lowest BCUT2D eigenvalue weighted by atomic mass is 10.4. The van der Waals surface area contributed by atoms with Gasteiger partial charge in [-0.05, 0) is 17.7 Å². The minimum absolute atomic E-state index is 0. The molecule has 0 radical (unpaired) electrons. The molecule has 0 bridgehead atoms. The smallest absolute Gasteiger partial charge is 0.142 e. The van der Waals surface area contributed by atoms with Gasteiger partial charge in [0, 0.05) is 0 Å². The molecule has 64 valence electrons. The van der Waals surface area contributed by atoms with E-state index in [0.717, 1.165) is 12.8 Å². The predicted molar refractivity (Wildman–Crippen MR) is 34.1 cm³/mol. The summed E-state index contributed by atoms with van der Waals surface area (Å²) >= 11 is 0. The minimum atomic E-state index is -0.812. The van der Waals surface area contributed by atoms with E-state index in [-0.39, 0.29) is 12.4 Å². The number of hydroxylamine groups is 4. The highest BCUT2D eigenvalue weighted by atomic mass is 35.5. The Morgan fingerprint density at radius 1 is 1.00 bits per heavy atom. The lowest BCUT2D eigenvalue weighted by Gasteiger charge is -2.19. The number of nitrogens with zero attached hydrogens (tertiary/aromatic N) is 1. The largest absolute Gasteiger partial charge is 1.00 e. The molecule has 0 rings (SSSR count). The minimum Gasteiger partial charge on any atom is -1.00 e. The van der Waals surface area contributed by atoms with Gasteiger partial charge >= 0.3 is 0 Å². The van der Waals surface area contributed by atoms with Crippen LogP contribution in [0.1, 0.15) is 26.7 Å². The standard InChI is InChI=1S/C6H16NO2.ClH/c1-3-5-7(8,9)6-4-2;/h8-9H,3-6H2,1-2H3;1H/q+1;/p-1. The van der Waals surface area contributed by atoms with E-state index in [2.05, 4.69) is 0 Å². The van der Waals surface area contributed by atoms with Crippen molar-refractivity contribution in [3.63, 3.8) is 0 Å². The monoisotopic (exact) mass is 169 g/mol. The number of halogens is 1. The topological polar surface area (TPSA) is 40.5 Å². The Bertz CT molecular complexity index is 70.1. The molecule has 2 N–H and O–H groups in total. The van der Waals surface area contributed by atoms with E-state index in [4.69, 9.17) is 10.4 Å². The Labute approximate surface area is 68.2 Å². The zero-order valence-corrected chi connectivity index (χ0v) is 7.30. The molecule has 0 aromatic carbocycles. The molecule has 0 amide bonds. The summed E-state index contributed by atoms with van der Waals surface area (Å²) in [5.41, 5.74) is 0. The molecule has 0 aromatic rings. The molecule has 0 aliphatic carbocycles. The lowest BCUT2D eigenvalue weighted by molar-refractivity contribution is -1.24. The van der Waals surface area contributed by atoms with Crippen molar-refractivity contribution in [2.45, 2.75) is 26.7 Å². The Morgan fingerprint density at radius 3 is 1.50 bits per heavy atom. The van der Waals surface area contributed by atoms with Gasteiger partial charge < -0.3 is 12.4 Å². The van der Waals surface area contributed by atoms with Crippen molar-refractivity contribution in [3.8, 4) is 0 Å². The van der Waals surface area contributed by atoms with Crippen molar-refractivity contribution in [1.29, 1.82) is 0 Å². The van der Waals surface area contributed by atoms with Gasteiger partial charge in [-0.25, -0.2) is 0 Å². The van der Waals surface area contributed by atoms with Crippen molar-refractivity contribution in [1.82, 2.24) is 0 Å². The van der Waals surface area contributed by atoms with Gasteiger partial charge in [0.05, 0.1) is 0 Å². The van der Waals surface area contributed by atoms with E-state index < -0.39 is 4.81 Å². The normalized spacial score (nSPS) is 10.8. The Balaban J connectivity index is 0. The molecular formula is C6H16ClNO2. The Hall–Kier alpha value is 0.170. The van der Waals surface area contributed by atoms with Gasteiger partial charge in [-0.3, -0.25) is 0 Å². The highest BCUT2D eigenvalue weighted by Gasteiger charge is 2.18. The van der Waals surface area contributed by atoms with E-state index in [1.54, 1.807) is 0 Å². The van der Waals surface area contributed by atoms with E-state index in [9.17, 15) is 0 Å². The summed E-state index contributed by atoms with van der Waals surface area (Å²) in [5.74, 6) is 0. The van der Waals surface area contributed by atoms with Crippen LogP contribution in [0.25, 0.3) is 0 Å². The van der Waals surface area contributed by atoms with Gasteiger partial charge in [0.1, 0.15) is 13.1 Å². The van der Waals surface area contributed by atoms with Crippen LogP contribution in [-0.4, -0.2) is 28.3 Å². The molecule has 10 heavy (non-hydrogen) atoms. The summed E-state index contributed by atoms with van der Waals surface area (Å²) in [4.78, 5) is -0.812. The number of rotatable bonds is 4. The number of quaternary nitrogens is 1. The first-order chi connectivity index (χ1) is 4.12.